The number of pyridine rings is 1. The van der Waals surface area contributed by atoms with Gasteiger partial charge in [-0.15, -0.1) is 0 Å². The summed E-state index contributed by atoms with van der Waals surface area (Å²) in [4.78, 5) is 34.3. The van der Waals surface area contributed by atoms with Crippen molar-refractivity contribution in [1.29, 1.82) is 0 Å². The number of aromatic nitrogens is 1. The van der Waals surface area contributed by atoms with E-state index in [1.165, 1.54) is 11.6 Å². The first-order chi connectivity index (χ1) is 14.1. The quantitative estimate of drug-likeness (QED) is 0.572. The third-order valence-corrected chi connectivity index (χ3v) is 5.68. The van der Waals surface area contributed by atoms with Gasteiger partial charge in [-0.25, -0.2) is 0 Å². The maximum Gasteiger partial charge on any atom is 0.293 e. The second-order valence-corrected chi connectivity index (χ2v) is 7.58. The molecule has 1 aromatic heterocycles. The van der Waals surface area contributed by atoms with E-state index in [9.17, 15) is 14.9 Å². The van der Waals surface area contributed by atoms with Crippen molar-refractivity contribution in [2.75, 3.05) is 44.2 Å². The monoisotopic (exact) mass is 395 g/mol. The first kappa shape index (κ1) is 19.3. The van der Waals surface area contributed by atoms with Crippen molar-refractivity contribution in [2.24, 2.45) is 0 Å². The highest BCUT2D eigenvalue weighted by molar-refractivity contribution is 5.96. The van der Waals surface area contributed by atoms with Gasteiger partial charge in [0.1, 0.15) is 5.69 Å². The predicted molar refractivity (Wildman–Crippen MR) is 110 cm³/mol. The molecule has 0 aliphatic carbocycles. The van der Waals surface area contributed by atoms with E-state index < -0.39 is 0 Å². The third kappa shape index (κ3) is 4.37. The van der Waals surface area contributed by atoms with Crippen LogP contribution in [0.1, 0.15) is 28.8 Å². The first-order valence-electron chi connectivity index (χ1n) is 10.1. The summed E-state index contributed by atoms with van der Waals surface area (Å²) in [5.41, 5.74) is 2.23. The molecule has 8 nitrogen and oxygen atoms in total. The lowest BCUT2D eigenvalue weighted by Gasteiger charge is -2.34. The fourth-order valence-electron chi connectivity index (χ4n) is 4.07. The number of piperazine rings is 1. The highest BCUT2D eigenvalue weighted by Gasteiger charge is 2.27. The molecule has 2 aromatic rings. The molecular weight excluding hydrogens is 370 g/mol. The number of nitro benzene ring substituents is 1. The zero-order valence-corrected chi connectivity index (χ0v) is 16.4. The normalized spacial score (nSPS) is 17.5. The average Bonchev–Trinajstić information content (AvgIpc) is 3.29. The van der Waals surface area contributed by atoms with Crippen molar-refractivity contribution in [3.05, 3.63) is 64.0 Å². The summed E-state index contributed by atoms with van der Waals surface area (Å²) in [5.74, 6) is -0.135. The Morgan fingerprint density at radius 2 is 1.69 bits per heavy atom. The van der Waals surface area contributed by atoms with Gasteiger partial charge in [-0.1, -0.05) is 0 Å². The van der Waals surface area contributed by atoms with Crippen molar-refractivity contribution in [1.82, 2.24) is 14.8 Å². The van der Waals surface area contributed by atoms with Crippen molar-refractivity contribution >= 4 is 17.3 Å². The largest absolute Gasteiger partial charge is 0.366 e. The third-order valence-electron chi connectivity index (χ3n) is 5.68. The van der Waals surface area contributed by atoms with Crippen LogP contribution in [0.15, 0.2) is 42.7 Å². The molecule has 29 heavy (non-hydrogen) atoms. The molecule has 0 saturated carbocycles. The van der Waals surface area contributed by atoms with Gasteiger partial charge in [0.05, 0.1) is 4.92 Å². The summed E-state index contributed by atoms with van der Waals surface area (Å²) >= 11 is 0. The van der Waals surface area contributed by atoms with Gasteiger partial charge < -0.3 is 9.80 Å². The minimum Gasteiger partial charge on any atom is -0.366 e. The Hall–Kier alpha value is -3.00. The lowest BCUT2D eigenvalue weighted by atomic mass is 10.1. The molecule has 8 heteroatoms. The highest BCUT2D eigenvalue weighted by Crippen LogP contribution is 2.32. The Bertz CT molecular complexity index is 875. The number of amides is 1. The van der Waals surface area contributed by atoms with Crippen LogP contribution in [0.25, 0.3) is 0 Å². The Balaban J connectivity index is 1.42. The number of carbonyl (C=O) groups is 1. The Morgan fingerprint density at radius 3 is 2.34 bits per heavy atom. The number of hydrogen-bond donors (Lipinski definition) is 0. The summed E-state index contributed by atoms with van der Waals surface area (Å²) in [6.45, 7) is 5.28. The molecule has 1 amide bonds. The average molecular weight is 395 g/mol. The molecule has 4 rings (SSSR count). The summed E-state index contributed by atoms with van der Waals surface area (Å²) in [6.07, 6.45) is 5.66. The van der Waals surface area contributed by atoms with Gasteiger partial charge in [-0.2, -0.15) is 0 Å². The zero-order valence-electron chi connectivity index (χ0n) is 16.4. The number of rotatable bonds is 5. The molecular formula is C21H25N5O3. The van der Waals surface area contributed by atoms with E-state index in [-0.39, 0.29) is 16.5 Å². The van der Waals surface area contributed by atoms with Crippen molar-refractivity contribution < 1.29 is 9.72 Å². The van der Waals surface area contributed by atoms with Crippen LogP contribution in [0.4, 0.5) is 11.4 Å². The Morgan fingerprint density at radius 1 is 1.00 bits per heavy atom. The summed E-state index contributed by atoms with van der Waals surface area (Å²) in [5, 5.41) is 11.6. The summed E-state index contributed by atoms with van der Waals surface area (Å²) in [7, 11) is 0. The second kappa shape index (κ2) is 8.57. The van der Waals surface area contributed by atoms with Crippen LogP contribution in [0.5, 0.6) is 0 Å². The van der Waals surface area contributed by atoms with Crippen LogP contribution in [0.3, 0.4) is 0 Å². The molecule has 0 spiro atoms. The molecule has 2 fully saturated rings. The standard InChI is InChI=1S/C21H25N5O3/c27-21(25-13-11-23(12-14-25)16-17-5-7-22-8-6-17)18-3-4-19(20(15-18)26(28)29)24-9-1-2-10-24/h3-8,15H,1-2,9-14,16H2. The van der Waals surface area contributed by atoms with Crippen molar-refractivity contribution in [3.63, 3.8) is 0 Å². The topological polar surface area (TPSA) is 82.8 Å². The number of anilines is 1. The van der Waals surface area contributed by atoms with Crippen molar-refractivity contribution in [2.45, 2.75) is 19.4 Å². The van der Waals surface area contributed by atoms with Gasteiger partial charge in [0.15, 0.2) is 0 Å². The van der Waals surface area contributed by atoms with E-state index in [0.717, 1.165) is 45.6 Å². The van der Waals surface area contributed by atoms with E-state index in [2.05, 4.69) is 9.88 Å². The number of hydrogen-bond acceptors (Lipinski definition) is 6. The van der Waals surface area contributed by atoms with Gasteiger partial charge in [0.2, 0.25) is 0 Å². The zero-order chi connectivity index (χ0) is 20.2. The maximum atomic E-state index is 12.9. The molecule has 0 atom stereocenters. The van der Waals surface area contributed by atoms with Gasteiger partial charge in [-0.3, -0.25) is 24.8 Å². The molecule has 1 aromatic carbocycles. The fourth-order valence-corrected chi connectivity index (χ4v) is 4.07. The minimum atomic E-state index is -0.378. The van der Waals surface area contributed by atoms with E-state index >= 15 is 0 Å². The van der Waals surface area contributed by atoms with E-state index in [0.29, 0.717) is 24.3 Å². The van der Waals surface area contributed by atoms with Crippen molar-refractivity contribution in [3.8, 4) is 0 Å². The van der Waals surface area contributed by atoms with Crippen LogP contribution >= 0.6 is 0 Å². The van der Waals surface area contributed by atoms with Gasteiger partial charge in [0.25, 0.3) is 11.6 Å². The molecule has 2 aliphatic heterocycles. The van der Waals surface area contributed by atoms with Crippen LogP contribution in [-0.4, -0.2) is 64.9 Å². The SMILES string of the molecule is O=C(c1ccc(N2CCCC2)c([N+](=O)[O-])c1)N1CCN(Cc2ccncc2)CC1. The number of benzene rings is 1. The molecule has 0 bridgehead atoms. The molecule has 0 N–H and O–H groups in total. The highest BCUT2D eigenvalue weighted by atomic mass is 16.6. The molecule has 0 unspecified atom stereocenters. The van der Waals surface area contributed by atoms with Gasteiger partial charge >= 0.3 is 0 Å². The predicted octanol–water partition coefficient (Wildman–Crippen LogP) is 2.55. The van der Waals surface area contributed by atoms with Gasteiger partial charge in [0, 0.05) is 69.8 Å². The number of carbonyl (C=O) groups excluding carboxylic acids is 1. The summed E-state index contributed by atoms with van der Waals surface area (Å²) in [6, 6.07) is 8.90. The van der Waals surface area contributed by atoms with Crippen LogP contribution < -0.4 is 4.90 Å². The van der Waals surface area contributed by atoms with E-state index in [1.807, 2.05) is 17.0 Å². The first-order valence-corrected chi connectivity index (χ1v) is 10.1. The molecule has 152 valence electrons. The molecule has 2 saturated heterocycles. The maximum absolute atomic E-state index is 12.9. The molecule has 2 aliphatic rings. The lowest BCUT2D eigenvalue weighted by molar-refractivity contribution is -0.384. The molecule has 0 radical (unpaired) electrons. The van der Waals surface area contributed by atoms with Gasteiger partial charge in [-0.05, 0) is 42.7 Å². The lowest BCUT2D eigenvalue weighted by Crippen LogP contribution is -2.48. The second-order valence-electron chi connectivity index (χ2n) is 7.58. The van der Waals surface area contributed by atoms with Crippen LogP contribution in [-0.2, 0) is 6.54 Å². The Labute approximate surface area is 169 Å². The summed E-state index contributed by atoms with van der Waals surface area (Å²) < 4.78 is 0. The van der Waals surface area contributed by atoms with Crippen LogP contribution in [0, 0.1) is 10.1 Å². The van der Waals surface area contributed by atoms with E-state index in [4.69, 9.17) is 0 Å². The van der Waals surface area contributed by atoms with E-state index in [1.54, 1.807) is 29.4 Å². The fraction of sp³-hybridized carbons (Fsp3) is 0.429. The molecule has 3 heterocycles. The van der Waals surface area contributed by atoms with Crippen LogP contribution in [0.2, 0.25) is 0 Å². The Kier molecular flexibility index (Phi) is 5.71. The number of nitrogens with zero attached hydrogens (tertiary/aromatic N) is 5. The smallest absolute Gasteiger partial charge is 0.293 e. The minimum absolute atomic E-state index is 0.0223. The number of nitro groups is 1.